The summed E-state index contributed by atoms with van der Waals surface area (Å²) in [6.45, 7) is -2.15. The van der Waals surface area contributed by atoms with Gasteiger partial charge in [0.25, 0.3) is 0 Å². The van der Waals surface area contributed by atoms with E-state index in [1.807, 2.05) is 0 Å². The molecule has 5 nitrogen and oxygen atoms in total. The molecule has 0 aliphatic rings. The second-order valence-corrected chi connectivity index (χ2v) is 2.77. The van der Waals surface area contributed by atoms with E-state index in [0.29, 0.717) is 4.90 Å². The Morgan fingerprint density at radius 3 is 1.80 bits per heavy atom. The maximum absolute atomic E-state index is 12.3. The van der Waals surface area contributed by atoms with Crippen molar-refractivity contribution in [2.24, 2.45) is 0 Å². The summed E-state index contributed by atoms with van der Waals surface area (Å²) in [5.41, 5.74) is 0. The van der Waals surface area contributed by atoms with E-state index in [2.05, 4.69) is 0 Å². The van der Waals surface area contributed by atoms with Crippen molar-refractivity contribution in [3.63, 3.8) is 0 Å². The van der Waals surface area contributed by atoms with E-state index < -0.39 is 44.5 Å². The second kappa shape index (κ2) is 5.89. The monoisotopic (exact) mass is 231 g/mol. The molecule has 0 saturated heterocycles. The standard InChI is InChI=1S/C7H12F3NO4/c8-7(9,10)5(6(14)15)11(1-3-12)2-4-13/h5,12-13H,1-4H2,(H,14,15). The normalized spacial score (nSPS) is 14.3. The number of aliphatic carboxylic acids is 1. The lowest BCUT2D eigenvalue weighted by Crippen LogP contribution is -2.52. The fourth-order valence-corrected chi connectivity index (χ4v) is 1.13. The Hall–Kier alpha value is -0.860. The highest BCUT2D eigenvalue weighted by atomic mass is 19.4. The van der Waals surface area contributed by atoms with Gasteiger partial charge in [-0.1, -0.05) is 0 Å². The van der Waals surface area contributed by atoms with E-state index >= 15 is 0 Å². The molecule has 0 aliphatic heterocycles. The summed E-state index contributed by atoms with van der Waals surface area (Å²) >= 11 is 0. The minimum atomic E-state index is -4.93. The molecule has 1 unspecified atom stereocenters. The van der Waals surface area contributed by atoms with Gasteiger partial charge in [-0.3, -0.25) is 9.69 Å². The van der Waals surface area contributed by atoms with Crippen LogP contribution < -0.4 is 0 Å². The molecule has 0 aromatic carbocycles. The molecular weight excluding hydrogens is 219 g/mol. The van der Waals surface area contributed by atoms with Crippen LogP contribution in [-0.4, -0.2) is 64.7 Å². The van der Waals surface area contributed by atoms with Gasteiger partial charge >= 0.3 is 12.1 Å². The molecule has 0 amide bonds. The van der Waals surface area contributed by atoms with E-state index in [9.17, 15) is 18.0 Å². The van der Waals surface area contributed by atoms with Crippen molar-refractivity contribution in [2.75, 3.05) is 26.3 Å². The van der Waals surface area contributed by atoms with Crippen molar-refractivity contribution in [2.45, 2.75) is 12.2 Å². The number of halogens is 3. The van der Waals surface area contributed by atoms with Crippen molar-refractivity contribution in [1.82, 2.24) is 4.90 Å². The zero-order valence-electron chi connectivity index (χ0n) is 7.74. The summed E-state index contributed by atoms with van der Waals surface area (Å²) in [5, 5.41) is 25.4. The molecule has 1 atom stereocenters. The number of nitrogens with zero attached hydrogens (tertiary/aromatic N) is 1. The average molecular weight is 231 g/mol. The molecule has 8 heteroatoms. The number of hydrogen-bond donors (Lipinski definition) is 3. The Morgan fingerprint density at radius 1 is 1.20 bits per heavy atom. The van der Waals surface area contributed by atoms with Gasteiger partial charge in [0.15, 0.2) is 0 Å². The first-order chi connectivity index (χ1) is 6.84. The lowest BCUT2D eigenvalue weighted by Gasteiger charge is -2.28. The third-order valence-corrected chi connectivity index (χ3v) is 1.68. The smallest absolute Gasteiger partial charge is 0.414 e. The highest BCUT2D eigenvalue weighted by Gasteiger charge is 2.48. The van der Waals surface area contributed by atoms with Gasteiger partial charge in [-0.05, 0) is 0 Å². The first kappa shape index (κ1) is 14.1. The summed E-state index contributed by atoms with van der Waals surface area (Å²) in [6, 6.07) is -2.70. The van der Waals surface area contributed by atoms with Crippen LogP contribution in [0.5, 0.6) is 0 Å². The number of carboxylic acids is 1. The maximum atomic E-state index is 12.3. The van der Waals surface area contributed by atoms with Crippen LogP contribution in [0.25, 0.3) is 0 Å². The average Bonchev–Trinajstić information content (AvgIpc) is 2.01. The highest BCUT2D eigenvalue weighted by molar-refractivity contribution is 5.74. The molecule has 0 radical (unpaired) electrons. The number of aliphatic hydroxyl groups is 2. The summed E-state index contributed by atoms with van der Waals surface area (Å²) in [6.07, 6.45) is -4.93. The number of alkyl halides is 3. The molecule has 0 heterocycles. The molecule has 0 bridgehead atoms. The van der Waals surface area contributed by atoms with Gasteiger partial charge < -0.3 is 15.3 Å². The van der Waals surface area contributed by atoms with E-state index in [-0.39, 0.29) is 0 Å². The number of carboxylic acid groups (broad SMARTS) is 1. The SMILES string of the molecule is O=C(O)C(N(CCO)CCO)C(F)(F)F. The Balaban J connectivity index is 4.75. The van der Waals surface area contributed by atoms with Crippen LogP contribution in [0.15, 0.2) is 0 Å². The van der Waals surface area contributed by atoms with E-state index in [1.54, 1.807) is 0 Å². The molecule has 0 rings (SSSR count). The quantitative estimate of drug-likeness (QED) is 0.562. The predicted octanol–water partition coefficient (Wildman–Crippen LogP) is -0.712. The number of rotatable bonds is 6. The van der Waals surface area contributed by atoms with E-state index in [4.69, 9.17) is 15.3 Å². The van der Waals surface area contributed by atoms with Gasteiger partial charge in [-0.25, -0.2) is 0 Å². The lowest BCUT2D eigenvalue weighted by molar-refractivity contribution is -0.200. The van der Waals surface area contributed by atoms with Crippen LogP contribution in [0.4, 0.5) is 13.2 Å². The number of carbonyl (C=O) groups is 1. The molecule has 0 spiro atoms. The van der Waals surface area contributed by atoms with Crippen LogP contribution in [0.3, 0.4) is 0 Å². The Bertz CT molecular complexity index is 203. The molecular formula is C7H12F3NO4. The number of aliphatic hydroxyl groups excluding tert-OH is 2. The van der Waals surface area contributed by atoms with Gasteiger partial charge in [-0.2, -0.15) is 13.2 Å². The molecule has 0 fully saturated rings. The summed E-state index contributed by atoms with van der Waals surface area (Å²) < 4.78 is 36.8. The van der Waals surface area contributed by atoms with Crippen LogP contribution in [-0.2, 0) is 4.79 Å². The van der Waals surface area contributed by atoms with Gasteiger partial charge in [0.2, 0.25) is 6.04 Å². The second-order valence-electron chi connectivity index (χ2n) is 2.77. The third-order valence-electron chi connectivity index (χ3n) is 1.68. The van der Waals surface area contributed by atoms with Gasteiger partial charge in [0, 0.05) is 13.1 Å². The van der Waals surface area contributed by atoms with Crippen molar-refractivity contribution in [3.05, 3.63) is 0 Å². The number of hydrogen-bond acceptors (Lipinski definition) is 4. The first-order valence-corrected chi connectivity index (χ1v) is 4.10. The summed E-state index contributed by atoms with van der Waals surface area (Å²) in [4.78, 5) is 10.9. The molecule has 90 valence electrons. The molecule has 3 N–H and O–H groups in total. The largest absolute Gasteiger partial charge is 0.480 e. The van der Waals surface area contributed by atoms with E-state index in [1.165, 1.54) is 0 Å². The summed E-state index contributed by atoms with van der Waals surface area (Å²) in [5.74, 6) is -2.05. The van der Waals surface area contributed by atoms with Gasteiger partial charge in [0.1, 0.15) is 0 Å². The van der Waals surface area contributed by atoms with Crippen molar-refractivity contribution in [3.8, 4) is 0 Å². The van der Waals surface area contributed by atoms with Crippen LogP contribution in [0.2, 0.25) is 0 Å². The molecule has 15 heavy (non-hydrogen) atoms. The highest BCUT2D eigenvalue weighted by Crippen LogP contribution is 2.24. The zero-order chi connectivity index (χ0) is 12.1. The minimum absolute atomic E-state index is 0.461. The zero-order valence-corrected chi connectivity index (χ0v) is 7.74. The van der Waals surface area contributed by atoms with Crippen LogP contribution >= 0.6 is 0 Å². The van der Waals surface area contributed by atoms with Crippen molar-refractivity contribution >= 4 is 5.97 Å². The fraction of sp³-hybridized carbons (Fsp3) is 0.857. The Morgan fingerprint density at radius 2 is 1.60 bits per heavy atom. The molecule has 0 aromatic heterocycles. The van der Waals surface area contributed by atoms with Crippen LogP contribution in [0.1, 0.15) is 0 Å². The maximum Gasteiger partial charge on any atom is 0.414 e. The fourth-order valence-electron chi connectivity index (χ4n) is 1.13. The third kappa shape index (κ3) is 4.45. The van der Waals surface area contributed by atoms with Gasteiger partial charge in [0.05, 0.1) is 13.2 Å². The van der Waals surface area contributed by atoms with Crippen molar-refractivity contribution < 1.29 is 33.3 Å². The van der Waals surface area contributed by atoms with E-state index in [0.717, 1.165) is 0 Å². The molecule has 0 saturated carbocycles. The summed E-state index contributed by atoms with van der Waals surface area (Å²) in [7, 11) is 0. The first-order valence-electron chi connectivity index (χ1n) is 4.10. The Labute approximate surface area is 83.7 Å². The van der Waals surface area contributed by atoms with Crippen LogP contribution in [0, 0.1) is 0 Å². The predicted molar refractivity (Wildman–Crippen MR) is 43.2 cm³/mol. The Kier molecular flexibility index (Phi) is 5.55. The van der Waals surface area contributed by atoms with Gasteiger partial charge in [-0.15, -0.1) is 0 Å². The topological polar surface area (TPSA) is 81.0 Å². The minimum Gasteiger partial charge on any atom is -0.480 e. The molecule has 0 aliphatic carbocycles. The lowest BCUT2D eigenvalue weighted by atomic mass is 10.2. The van der Waals surface area contributed by atoms with Crippen molar-refractivity contribution in [1.29, 1.82) is 0 Å². The molecule has 0 aromatic rings.